The Hall–Kier alpha value is -1.13. The maximum absolute atomic E-state index is 11.1. The molecule has 0 aromatic heterocycles. The number of rotatable bonds is 3. The Morgan fingerprint density at radius 2 is 2.00 bits per heavy atom. The third kappa shape index (κ3) is 2.93. The second-order valence-corrected chi connectivity index (χ2v) is 5.89. The van der Waals surface area contributed by atoms with Crippen LogP contribution in [0, 0.1) is 0 Å². The monoisotopic (exact) mass is 237 g/mol. The van der Waals surface area contributed by atoms with E-state index in [1.165, 1.54) is 6.26 Å². The highest BCUT2D eigenvalue weighted by atomic mass is 32.2. The highest BCUT2D eigenvalue weighted by molar-refractivity contribution is 7.88. The molecule has 0 radical (unpaired) electrons. The first kappa shape index (κ1) is 11.4. The van der Waals surface area contributed by atoms with E-state index in [9.17, 15) is 8.42 Å². The predicted octanol–water partition coefficient (Wildman–Crippen LogP) is 1.78. The number of sulfonamides is 1. The summed E-state index contributed by atoms with van der Waals surface area (Å²) in [5.74, 6) is 0. The minimum atomic E-state index is -3.10. The molecule has 1 atom stereocenters. The first-order chi connectivity index (χ1) is 7.54. The van der Waals surface area contributed by atoms with Crippen LogP contribution in [0.3, 0.4) is 0 Å². The summed E-state index contributed by atoms with van der Waals surface area (Å²) in [6.07, 6.45) is 5.13. The van der Waals surface area contributed by atoms with Gasteiger partial charge in [-0.2, -0.15) is 0 Å². The Balaban J connectivity index is 2.09. The summed E-state index contributed by atoms with van der Waals surface area (Å²) >= 11 is 0. The molecule has 0 bridgehead atoms. The molecular formula is C12H15NO2S. The summed E-state index contributed by atoms with van der Waals surface area (Å²) in [6.45, 7) is 0. The minimum absolute atomic E-state index is 0.00444. The molecule has 1 unspecified atom stereocenters. The Bertz CT molecular complexity index is 491. The van der Waals surface area contributed by atoms with Gasteiger partial charge in [-0.05, 0) is 18.4 Å². The van der Waals surface area contributed by atoms with E-state index in [4.69, 9.17) is 0 Å². The Morgan fingerprint density at radius 1 is 1.31 bits per heavy atom. The van der Waals surface area contributed by atoms with E-state index in [-0.39, 0.29) is 6.04 Å². The van der Waals surface area contributed by atoms with E-state index in [0.717, 1.165) is 24.0 Å². The van der Waals surface area contributed by atoms with Gasteiger partial charge in [0, 0.05) is 6.04 Å². The summed E-state index contributed by atoms with van der Waals surface area (Å²) in [4.78, 5) is 0. The summed E-state index contributed by atoms with van der Waals surface area (Å²) < 4.78 is 24.8. The van der Waals surface area contributed by atoms with Crippen molar-refractivity contribution in [1.29, 1.82) is 0 Å². The molecule has 3 nitrogen and oxygen atoms in total. The van der Waals surface area contributed by atoms with Crippen molar-refractivity contribution in [2.75, 3.05) is 6.26 Å². The fourth-order valence-electron chi connectivity index (χ4n) is 1.78. The zero-order chi connectivity index (χ0) is 11.6. The summed E-state index contributed by atoms with van der Waals surface area (Å²) in [5, 5.41) is 0. The van der Waals surface area contributed by atoms with Gasteiger partial charge in [-0.1, -0.05) is 42.0 Å². The first-order valence-corrected chi connectivity index (χ1v) is 7.16. The first-order valence-electron chi connectivity index (χ1n) is 5.27. The van der Waals surface area contributed by atoms with Crippen LogP contribution in [0.25, 0.3) is 6.08 Å². The van der Waals surface area contributed by atoms with Gasteiger partial charge in [0.1, 0.15) is 0 Å². The average molecular weight is 237 g/mol. The number of hydrogen-bond acceptors (Lipinski definition) is 2. The van der Waals surface area contributed by atoms with E-state index >= 15 is 0 Å². The Morgan fingerprint density at radius 3 is 2.50 bits per heavy atom. The maximum atomic E-state index is 11.1. The van der Waals surface area contributed by atoms with Crippen molar-refractivity contribution in [1.82, 2.24) is 4.72 Å². The second kappa shape index (κ2) is 4.39. The Labute approximate surface area is 96.2 Å². The van der Waals surface area contributed by atoms with Crippen molar-refractivity contribution in [2.24, 2.45) is 0 Å². The van der Waals surface area contributed by atoms with Crippen LogP contribution in [0.1, 0.15) is 18.4 Å². The molecule has 0 heterocycles. The molecule has 86 valence electrons. The zero-order valence-electron chi connectivity index (χ0n) is 9.18. The molecule has 4 heteroatoms. The van der Waals surface area contributed by atoms with E-state index < -0.39 is 10.0 Å². The number of hydrogen-bond donors (Lipinski definition) is 1. The lowest BCUT2D eigenvalue weighted by molar-refractivity contribution is 0.502. The highest BCUT2D eigenvalue weighted by Crippen LogP contribution is 2.28. The molecule has 2 rings (SSSR count). The van der Waals surface area contributed by atoms with Gasteiger partial charge in [-0.3, -0.25) is 0 Å². The van der Waals surface area contributed by atoms with Gasteiger partial charge in [0.2, 0.25) is 10.0 Å². The van der Waals surface area contributed by atoms with E-state index in [2.05, 4.69) is 10.8 Å². The van der Waals surface area contributed by atoms with Crippen LogP contribution in [-0.4, -0.2) is 20.7 Å². The van der Waals surface area contributed by atoms with Crippen LogP contribution in [0.5, 0.6) is 0 Å². The highest BCUT2D eigenvalue weighted by Gasteiger charge is 2.26. The molecule has 0 amide bonds. The lowest BCUT2D eigenvalue weighted by Gasteiger charge is -2.30. The maximum Gasteiger partial charge on any atom is 0.209 e. The molecule has 1 aliphatic carbocycles. The fraction of sp³-hybridized carbons (Fsp3) is 0.333. The molecule has 1 saturated carbocycles. The summed E-state index contributed by atoms with van der Waals surface area (Å²) in [5.41, 5.74) is 2.29. The van der Waals surface area contributed by atoms with Gasteiger partial charge in [0.25, 0.3) is 0 Å². The van der Waals surface area contributed by atoms with E-state index in [1.54, 1.807) is 0 Å². The molecule has 0 saturated heterocycles. The third-order valence-corrected chi connectivity index (χ3v) is 3.39. The van der Waals surface area contributed by atoms with Crippen LogP contribution in [-0.2, 0) is 10.0 Å². The number of nitrogens with one attached hydrogen (secondary N) is 1. The van der Waals surface area contributed by atoms with Crippen LogP contribution in [0.4, 0.5) is 0 Å². The van der Waals surface area contributed by atoms with Crippen molar-refractivity contribution in [2.45, 2.75) is 18.9 Å². The fourth-order valence-corrected chi connectivity index (χ4v) is 2.57. The molecule has 0 aliphatic heterocycles. The largest absolute Gasteiger partial charge is 0.213 e. The van der Waals surface area contributed by atoms with Crippen molar-refractivity contribution in [3.63, 3.8) is 0 Å². The molecule has 1 N–H and O–H groups in total. The van der Waals surface area contributed by atoms with Crippen molar-refractivity contribution in [3.05, 3.63) is 41.5 Å². The predicted molar refractivity (Wildman–Crippen MR) is 65.4 cm³/mol. The van der Waals surface area contributed by atoms with E-state index in [1.807, 2.05) is 30.3 Å². The molecule has 1 fully saturated rings. The Kier molecular flexibility index (Phi) is 3.12. The smallest absolute Gasteiger partial charge is 0.209 e. The second-order valence-electron chi connectivity index (χ2n) is 4.11. The third-order valence-electron chi connectivity index (χ3n) is 2.68. The minimum Gasteiger partial charge on any atom is -0.213 e. The summed E-state index contributed by atoms with van der Waals surface area (Å²) in [6, 6.07) is 9.95. The van der Waals surface area contributed by atoms with Crippen molar-refractivity contribution >= 4 is 16.1 Å². The van der Waals surface area contributed by atoms with Crippen molar-refractivity contribution in [3.8, 4) is 0 Å². The zero-order valence-corrected chi connectivity index (χ0v) is 10.00. The quantitative estimate of drug-likeness (QED) is 0.871. The lowest BCUT2D eigenvalue weighted by atomic mass is 9.85. The lowest BCUT2D eigenvalue weighted by Crippen LogP contribution is -2.40. The van der Waals surface area contributed by atoms with Gasteiger partial charge in [0.15, 0.2) is 0 Å². The van der Waals surface area contributed by atoms with Crippen LogP contribution >= 0.6 is 0 Å². The van der Waals surface area contributed by atoms with Crippen molar-refractivity contribution < 1.29 is 8.42 Å². The van der Waals surface area contributed by atoms with Gasteiger partial charge in [0.05, 0.1) is 6.26 Å². The normalized spacial score (nSPS) is 23.1. The van der Waals surface area contributed by atoms with E-state index in [0.29, 0.717) is 0 Å². The standard InChI is InChI=1S/C12H15NO2S/c1-16(14,15)13-12-8-7-11(12)9-10-5-3-2-4-6-10/h2-6,9,12-13H,7-8H2,1H3/b11-9+. The number of benzene rings is 1. The van der Waals surface area contributed by atoms with Gasteiger partial charge < -0.3 is 0 Å². The average Bonchev–Trinajstić information content (AvgIpc) is 2.22. The van der Waals surface area contributed by atoms with Crippen LogP contribution in [0.15, 0.2) is 35.9 Å². The molecule has 1 aromatic rings. The summed E-state index contributed by atoms with van der Waals surface area (Å²) in [7, 11) is -3.10. The topological polar surface area (TPSA) is 46.2 Å². The molecule has 1 aliphatic rings. The van der Waals surface area contributed by atoms with Gasteiger partial charge >= 0.3 is 0 Å². The van der Waals surface area contributed by atoms with Gasteiger partial charge in [-0.25, -0.2) is 13.1 Å². The van der Waals surface area contributed by atoms with Crippen LogP contribution < -0.4 is 4.72 Å². The van der Waals surface area contributed by atoms with Crippen LogP contribution in [0.2, 0.25) is 0 Å². The molecular weight excluding hydrogens is 222 g/mol. The SMILES string of the molecule is CS(=O)(=O)NC1CC/C1=C\c1ccccc1. The molecule has 16 heavy (non-hydrogen) atoms. The van der Waals surface area contributed by atoms with Gasteiger partial charge in [-0.15, -0.1) is 0 Å². The molecule has 1 aromatic carbocycles. The molecule has 0 spiro atoms.